The molecule has 1 aliphatic rings. The molecule has 0 bridgehead atoms. The van der Waals surface area contributed by atoms with Gasteiger partial charge in [-0.1, -0.05) is 19.8 Å². The van der Waals surface area contributed by atoms with E-state index in [2.05, 4.69) is 6.92 Å². The molecule has 1 amide bonds. The van der Waals surface area contributed by atoms with Crippen molar-refractivity contribution in [2.24, 2.45) is 0 Å². The maximum atomic E-state index is 12.5. The van der Waals surface area contributed by atoms with Gasteiger partial charge in [0, 0.05) is 17.8 Å². The highest BCUT2D eigenvalue weighted by Crippen LogP contribution is 2.28. The molecule has 1 aromatic carbocycles. The second-order valence-electron chi connectivity index (χ2n) is 5.26. The molecule has 5 nitrogen and oxygen atoms in total. The van der Waals surface area contributed by atoms with E-state index in [1.807, 2.05) is 0 Å². The first-order valence-electron chi connectivity index (χ1n) is 7.44. The van der Waals surface area contributed by atoms with Crippen LogP contribution in [0.15, 0.2) is 18.2 Å². The lowest BCUT2D eigenvalue weighted by molar-refractivity contribution is -0.149. The van der Waals surface area contributed by atoms with Gasteiger partial charge in [-0.25, -0.2) is 4.79 Å². The van der Waals surface area contributed by atoms with Crippen LogP contribution in [-0.2, 0) is 16.1 Å². The average molecular weight is 290 g/mol. The number of rotatable bonds is 6. The van der Waals surface area contributed by atoms with E-state index < -0.39 is 6.04 Å². The number of nitrogens with zero attached hydrogens (tertiary/aromatic N) is 1. The summed E-state index contributed by atoms with van der Waals surface area (Å²) in [5.41, 5.74) is 7.91. The van der Waals surface area contributed by atoms with Crippen molar-refractivity contribution < 1.29 is 14.3 Å². The molecule has 0 aromatic heterocycles. The summed E-state index contributed by atoms with van der Waals surface area (Å²) in [6.07, 6.45) is 2.48. The van der Waals surface area contributed by atoms with Gasteiger partial charge in [0.25, 0.3) is 5.91 Å². The third-order valence-corrected chi connectivity index (χ3v) is 3.73. The number of nitrogens with two attached hydrogens (primary N) is 1. The zero-order chi connectivity index (χ0) is 15.4. The van der Waals surface area contributed by atoms with Gasteiger partial charge in [-0.3, -0.25) is 4.79 Å². The summed E-state index contributed by atoms with van der Waals surface area (Å²) in [6.45, 7) is 4.58. The van der Waals surface area contributed by atoms with Crippen molar-refractivity contribution in [3.63, 3.8) is 0 Å². The van der Waals surface area contributed by atoms with Crippen LogP contribution in [0.3, 0.4) is 0 Å². The second-order valence-corrected chi connectivity index (χ2v) is 5.26. The molecule has 0 spiro atoms. The SMILES string of the molecule is CCCC[C@@H](C(=O)OCC)N1Cc2cc(N)ccc2C1=O. The van der Waals surface area contributed by atoms with Gasteiger partial charge in [0.05, 0.1) is 6.61 Å². The van der Waals surface area contributed by atoms with Crippen LogP contribution in [0, 0.1) is 0 Å². The fraction of sp³-hybridized carbons (Fsp3) is 0.500. The number of carbonyl (C=O) groups excluding carboxylic acids is 2. The van der Waals surface area contributed by atoms with E-state index in [-0.39, 0.29) is 11.9 Å². The molecule has 1 atom stereocenters. The highest BCUT2D eigenvalue weighted by Gasteiger charge is 2.36. The van der Waals surface area contributed by atoms with E-state index in [0.29, 0.717) is 30.8 Å². The lowest BCUT2D eigenvalue weighted by atomic mass is 10.1. The predicted molar refractivity (Wildman–Crippen MR) is 80.7 cm³/mol. The monoisotopic (exact) mass is 290 g/mol. The van der Waals surface area contributed by atoms with Crippen LogP contribution in [0.5, 0.6) is 0 Å². The van der Waals surface area contributed by atoms with Crippen LogP contribution >= 0.6 is 0 Å². The molecule has 0 saturated heterocycles. The summed E-state index contributed by atoms with van der Waals surface area (Å²) < 4.78 is 5.13. The number of unbranched alkanes of at least 4 members (excludes halogenated alkanes) is 1. The van der Waals surface area contributed by atoms with Crippen molar-refractivity contribution in [2.45, 2.75) is 45.7 Å². The van der Waals surface area contributed by atoms with Gasteiger partial charge in [-0.15, -0.1) is 0 Å². The molecule has 5 heteroatoms. The average Bonchev–Trinajstić information content (AvgIpc) is 2.76. The van der Waals surface area contributed by atoms with Crippen molar-refractivity contribution in [3.05, 3.63) is 29.3 Å². The first kappa shape index (κ1) is 15.4. The Kier molecular flexibility index (Phi) is 4.83. The number of fused-ring (bicyclic) bond motifs is 1. The normalized spacial score (nSPS) is 15.0. The molecular weight excluding hydrogens is 268 g/mol. The Hall–Kier alpha value is -2.04. The van der Waals surface area contributed by atoms with Crippen LogP contribution in [0.1, 0.15) is 49.0 Å². The highest BCUT2D eigenvalue weighted by molar-refractivity contribution is 6.00. The molecule has 21 heavy (non-hydrogen) atoms. The molecule has 1 aliphatic heterocycles. The highest BCUT2D eigenvalue weighted by atomic mass is 16.5. The van der Waals surface area contributed by atoms with E-state index in [9.17, 15) is 9.59 Å². The number of amides is 1. The van der Waals surface area contributed by atoms with Crippen LogP contribution < -0.4 is 5.73 Å². The number of ether oxygens (including phenoxy) is 1. The Labute approximate surface area is 125 Å². The summed E-state index contributed by atoms with van der Waals surface area (Å²) in [4.78, 5) is 26.3. The minimum atomic E-state index is -0.508. The van der Waals surface area contributed by atoms with E-state index in [1.54, 1.807) is 30.0 Å². The van der Waals surface area contributed by atoms with Gasteiger partial charge < -0.3 is 15.4 Å². The van der Waals surface area contributed by atoms with Crippen molar-refractivity contribution in [3.8, 4) is 0 Å². The molecule has 0 radical (unpaired) electrons. The molecular formula is C16H22N2O3. The van der Waals surface area contributed by atoms with Gasteiger partial charge in [0.15, 0.2) is 0 Å². The van der Waals surface area contributed by atoms with Gasteiger partial charge in [0.2, 0.25) is 0 Å². The molecule has 0 fully saturated rings. The summed E-state index contributed by atoms with van der Waals surface area (Å²) in [5.74, 6) is -0.431. The summed E-state index contributed by atoms with van der Waals surface area (Å²) in [5, 5.41) is 0. The minimum absolute atomic E-state index is 0.112. The molecule has 0 unspecified atom stereocenters. The third-order valence-electron chi connectivity index (χ3n) is 3.73. The third kappa shape index (κ3) is 3.17. The maximum absolute atomic E-state index is 12.5. The molecule has 2 N–H and O–H groups in total. The molecule has 1 aromatic rings. The smallest absolute Gasteiger partial charge is 0.328 e. The van der Waals surface area contributed by atoms with E-state index in [1.165, 1.54) is 0 Å². The minimum Gasteiger partial charge on any atom is -0.464 e. The molecule has 0 saturated carbocycles. The van der Waals surface area contributed by atoms with Crippen LogP contribution in [0.4, 0.5) is 5.69 Å². The molecule has 1 heterocycles. The Morgan fingerprint density at radius 1 is 1.43 bits per heavy atom. The van der Waals surface area contributed by atoms with Crippen molar-refractivity contribution >= 4 is 17.6 Å². The standard InChI is InChI=1S/C16H22N2O3/c1-3-5-6-14(16(20)21-4-2)18-10-11-9-12(17)7-8-13(11)15(18)19/h7-9,14H,3-6,10,17H2,1-2H3/t14-/m0/s1. The first-order chi connectivity index (χ1) is 10.1. The predicted octanol–water partition coefficient (Wildman–Crippen LogP) is 2.35. The van der Waals surface area contributed by atoms with E-state index in [4.69, 9.17) is 10.5 Å². The van der Waals surface area contributed by atoms with E-state index >= 15 is 0 Å². The number of anilines is 1. The number of carbonyl (C=O) groups is 2. The number of hydrogen-bond acceptors (Lipinski definition) is 4. The molecule has 0 aliphatic carbocycles. The van der Waals surface area contributed by atoms with Gasteiger partial charge in [-0.05, 0) is 37.1 Å². The zero-order valence-electron chi connectivity index (χ0n) is 12.6. The quantitative estimate of drug-likeness (QED) is 0.644. The van der Waals surface area contributed by atoms with Crippen molar-refractivity contribution in [1.29, 1.82) is 0 Å². The maximum Gasteiger partial charge on any atom is 0.328 e. The van der Waals surface area contributed by atoms with Gasteiger partial charge >= 0.3 is 5.97 Å². The number of nitrogen functional groups attached to an aromatic ring is 1. The second kappa shape index (κ2) is 6.61. The lowest BCUT2D eigenvalue weighted by Crippen LogP contribution is -2.42. The van der Waals surface area contributed by atoms with Crippen molar-refractivity contribution in [1.82, 2.24) is 4.90 Å². The first-order valence-corrected chi connectivity index (χ1v) is 7.44. The van der Waals surface area contributed by atoms with Crippen LogP contribution in [0.2, 0.25) is 0 Å². The Bertz CT molecular complexity index is 542. The summed E-state index contributed by atoms with van der Waals surface area (Å²) >= 11 is 0. The van der Waals surface area contributed by atoms with Crippen LogP contribution in [-0.4, -0.2) is 29.4 Å². The lowest BCUT2D eigenvalue weighted by Gasteiger charge is -2.25. The molecule has 114 valence electrons. The van der Waals surface area contributed by atoms with E-state index in [0.717, 1.165) is 18.4 Å². The summed E-state index contributed by atoms with van der Waals surface area (Å²) in [7, 11) is 0. The Morgan fingerprint density at radius 2 is 2.19 bits per heavy atom. The Balaban J connectivity index is 2.22. The van der Waals surface area contributed by atoms with Crippen molar-refractivity contribution in [2.75, 3.05) is 12.3 Å². The fourth-order valence-electron chi connectivity index (χ4n) is 2.65. The fourth-order valence-corrected chi connectivity index (χ4v) is 2.65. The number of benzene rings is 1. The molecule has 2 rings (SSSR count). The largest absolute Gasteiger partial charge is 0.464 e. The zero-order valence-corrected chi connectivity index (χ0v) is 12.6. The number of esters is 1. The van der Waals surface area contributed by atoms with Gasteiger partial charge in [-0.2, -0.15) is 0 Å². The van der Waals surface area contributed by atoms with Gasteiger partial charge in [0.1, 0.15) is 6.04 Å². The topological polar surface area (TPSA) is 72.6 Å². The number of hydrogen-bond donors (Lipinski definition) is 1. The van der Waals surface area contributed by atoms with Crippen LogP contribution in [0.25, 0.3) is 0 Å². The summed E-state index contributed by atoms with van der Waals surface area (Å²) in [6, 6.07) is 4.74. The Morgan fingerprint density at radius 3 is 2.86 bits per heavy atom.